The van der Waals surface area contributed by atoms with Crippen molar-refractivity contribution in [3.8, 4) is 11.5 Å². The molecule has 0 radical (unpaired) electrons. The van der Waals surface area contributed by atoms with E-state index in [1.807, 2.05) is 80.6 Å². The van der Waals surface area contributed by atoms with E-state index >= 15 is 0 Å². The second kappa shape index (κ2) is 10.3. The van der Waals surface area contributed by atoms with Gasteiger partial charge in [0.05, 0.1) is 29.5 Å². The number of dihydropyridines is 1. The summed E-state index contributed by atoms with van der Waals surface area (Å²) in [4.78, 5) is 26.7. The minimum absolute atomic E-state index is 0.115. The first-order valence-corrected chi connectivity index (χ1v) is 12.8. The van der Waals surface area contributed by atoms with Crippen LogP contribution in [0.1, 0.15) is 46.8 Å². The zero-order valence-corrected chi connectivity index (χ0v) is 22.3. The van der Waals surface area contributed by atoms with Crippen molar-refractivity contribution in [3.63, 3.8) is 0 Å². The summed E-state index contributed by atoms with van der Waals surface area (Å²) in [5.41, 5.74) is 5.42. The van der Waals surface area contributed by atoms with Crippen LogP contribution in [0.2, 0.25) is 0 Å². The molecule has 0 fully saturated rings. The van der Waals surface area contributed by atoms with Crippen molar-refractivity contribution in [2.75, 3.05) is 13.7 Å². The Hall–Kier alpha value is -3.84. The number of esters is 1. The molecule has 0 saturated carbocycles. The summed E-state index contributed by atoms with van der Waals surface area (Å²) in [6.45, 7) is 4.50. The van der Waals surface area contributed by atoms with Crippen molar-refractivity contribution < 1.29 is 23.8 Å². The van der Waals surface area contributed by atoms with Crippen molar-refractivity contribution in [2.45, 2.75) is 26.4 Å². The largest absolute Gasteiger partial charge is 0.490 e. The van der Waals surface area contributed by atoms with Gasteiger partial charge >= 0.3 is 5.97 Å². The van der Waals surface area contributed by atoms with Crippen molar-refractivity contribution >= 4 is 33.4 Å². The number of Topliss-reactive ketones (excluding diaryl/α,β-unsaturated/α-hetero) is 1. The van der Waals surface area contributed by atoms with Crippen molar-refractivity contribution in [2.24, 2.45) is 0 Å². The van der Waals surface area contributed by atoms with Crippen LogP contribution in [0.4, 0.5) is 0 Å². The number of ketones is 1. The highest BCUT2D eigenvalue weighted by Crippen LogP contribution is 2.49. The van der Waals surface area contributed by atoms with E-state index in [1.54, 1.807) is 0 Å². The zero-order valence-electron chi connectivity index (χ0n) is 20.8. The van der Waals surface area contributed by atoms with Crippen LogP contribution in [0.3, 0.4) is 0 Å². The minimum Gasteiger partial charge on any atom is -0.490 e. The monoisotopic (exact) mass is 559 g/mol. The van der Waals surface area contributed by atoms with Crippen molar-refractivity contribution in [1.29, 1.82) is 0 Å². The normalized spacial score (nSPS) is 16.2. The van der Waals surface area contributed by atoms with E-state index in [0.717, 1.165) is 16.7 Å². The van der Waals surface area contributed by atoms with Crippen molar-refractivity contribution in [1.82, 2.24) is 5.32 Å². The van der Waals surface area contributed by atoms with Crippen LogP contribution in [-0.4, -0.2) is 25.5 Å². The fourth-order valence-corrected chi connectivity index (χ4v) is 5.50. The maximum Gasteiger partial charge on any atom is 0.336 e. The minimum atomic E-state index is -0.651. The molecule has 1 N–H and O–H groups in total. The molecular weight excluding hydrogens is 534 g/mol. The molecule has 0 spiro atoms. The molecule has 6 nitrogen and oxygen atoms in total. The topological polar surface area (TPSA) is 73.9 Å². The molecule has 7 heteroatoms. The Balaban J connectivity index is 1.63. The Morgan fingerprint density at radius 2 is 1.70 bits per heavy atom. The van der Waals surface area contributed by atoms with Gasteiger partial charge in [0, 0.05) is 28.3 Å². The number of allylic oxidation sites excluding steroid dienone is 2. The molecule has 1 aliphatic heterocycles. The summed E-state index contributed by atoms with van der Waals surface area (Å²) >= 11 is 3.66. The Morgan fingerprint density at radius 1 is 1.00 bits per heavy atom. The highest BCUT2D eigenvalue weighted by Gasteiger charge is 2.43. The average molecular weight is 560 g/mol. The molecule has 0 amide bonds. The summed E-state index contributed by atoms with van der Waals surface area (Å²) in [5.74, 6) is -0.186. The molecule has 3 aromatic rings. The molecule has 0 unspecified atom stereocenters. The predicted molar refractivity (Wildman–Crippen MR) is 144 cm³/mol. The average Bonchev–Trinajstić information content (AvgIpc) is 3.19. The molecule has 0 aromatic heterocycles. The molecule has 0 bridgehead atoms. The van der Waals surface area contributed by atoms with Gasteiger partial charge in [-0.05, 0) is 53.0 Å². The van der Waals surface area contributed by atoms with E-state index in [2.05, 4.69) is 21.2 Å². The zero-order chi connectivity index (χ0) is 26.1. The number of ether oxygens (including phenoxy) is 3. The molecule has 0 saturated heterocycles. The maximum atomic E-state index is 13.7. The van der Waals surface area contributed by atoms with Gasteiger partial charge in [-0.1, -0.05) is 54.6 Å². The lowest BCUT2D eigenvalue weighted by atomic mass is 9.79. The SMILES string of the molecule is CCOc1cc([C@H]2C(C(=O)OC)=C(C)NC3=C2C(=O)c2ccccc23)cc(Br)c1OCc1ccccc1. The first kappa shape index (κ1) is 24.8. The lowest BCUT2D eigenvalue weighted by Gasteiger charge is -2.29. The van der Waals surface area contributed by atoms with Crippen LogP contribution in [0.25, 0.3) is 5.70 Å². The van der Waals surface area contributed by atoms with Gasteiger partial charge in [0.15, 0.2) is 17.3 Å². The summed E-state index contributed by atoms with van der Waals surface area (Å²) in [6.07, 6.45) is 0. The maximum absolute atomic E-state index is 13.7. The fraction of sp³-hybridized carbons (Fsp3) is 0.200. The third-order valence-electron chi connectivity index (χ3n) is 6.55. The van der Waals surface area contributed by atoms with Crippen LogP contribution in [0.5, 0.6) is 11.5 Å². The fourth-order valence-electron chi connectivity index (χ4n) is 4.93. The number of nitrogens with one attached hydrogen (secondary N) is 1. The van der Waals surface area contributed by atoms with Gasteiger partial charge in [-0.25, -0.2) is 4.79 Å². The molecule has 5 rings (SSSR count). The van der Waals surface area contributed by atoms with E-state index in [-0.39, 0.29) is 5.78 Å². The molecule has 1 atom stereocenters. The Bertz CT molecular complexity index is 1460. The lowest BCUT2D eigenvalue weighted by molar-refractivity contribution is -0.136. The van der Waals surface area contributed by atoms with E-state index in [0.29, 0.717) is 57.3 Å². The molecule has 188 valence electrons. The Labute approximate surface area is 224 Å². The summed E-state index contributed by atoms with van der Waals surface area (Å²) in [5, 5.41) is 3.30. The van der Waals surface area contributed by atoms with E-state index in [4.69, 9.17) is 14.2 Å². The number of benzene rings is 3. The third-order valence-corrected chi connectivity index (χ3v) is 7.13. The number of halogens is 1. The van der Waals surface area contributed by atoms with E-state index in [1.165, 1.54) is 7.11 Å². The summed E-state index contributed by atoms with van der Waals surface area (Å²) in [7, 11) is 1.34. The standard InChI is InChI=1S/C30H26BrNO5/c1-4-36-23-15-19(14-22(31)29(23)37-16-18-10-6-5-7-11-18)25-24(30(34)35-3)17(2)32-27-20-12-8-9-13-21(20)28(33)26(25)27/h5-15,25,32H,4,16H2,1-3H3/t25-/m0/s1. The van der Waals surface area contributed by atoms with Crippen LogP contribution in [-0.2, 0) is 16.1 Å². The van der Waals surface area contributed by atoms with Crippen LogP contribution < -0.4 is 14.8 Å². The van der Waals surface area contributed by atoms with Gasteiger partial charge in [-0.2, -0.15) is 0 Å². The second-order valence-electron chi connectivity index (χ2n) is 8.79. The van der Waals surface area contributed by atoms with Crippen molar-refractivity contribution in [3.05, 3.63) is 110 Å². The molecule has 2 aliphatic rings. The van der Waals surface area contributed by atoms with E-state index < -0.39 is 11.9 Å². The molecule has 3 aromatic carbocycles. The van der Waals surface area contributed by atoms with Crippen LogP contribution in [0.15, 0.2) is 88.0 Å². The highest BCUT2D eigenvalue weighted by atomic mass is 79.9. The Kier molecular flexibility index (Phi) is 6.89. The lowest BCUT2D eigenvalue weighted by Crippen LogP contribution is -2.29. The Morgan fingerprint density at radius 3 is 2.41 bits per heavy atom. The third kappa shape index (κ3) is 4.44. The first-order chi connectivity index (χ1) is 17.9. The predicted octanol–water partition coefficient (Wildman–Crippen LogP) is 6.17. The van der Waals surface area contributed by atoms with Gasteiger partial charge < -0.3 is 19.5 Å². The van der Waals surface area contributed by atoms with Gasteiger partial charge in [-0.3, -0.25) is 4.79 Å². The summed E-state index contributed by atoms with van der Waals surface area (Å²) in [6, 6.07) is 21.1. The van der Waals surface area contributed by atoms with Gasteiger partial charge in [0.2, 0.25) is 0 Å². The number of hydrogen-bond donors (Lipinski definition) is 1. The number of carbonyl (C=O) groups excluding carboxylic acids is 2. The quantitative estimate of drug-likeness (QED) is 0.349. The molecule has 37 heavy (non-hydrogen) atoms. The number of rotatable bonds is 7. The van der Waals surface area contributed by atoms with Gasteiger partial charge in [-0.15, -0.1) is 0 Å². The number of methoxy groups -OCH3 is 1. The number of carbonyl (C=O) groups is 2. The first-order valence-electron chi connectivity index (χ1n) is 12.0. The smallest absolute Gasteiger partial charge is 0.336 e. The molecule has 1 aliphatic carbocycles. The summed E-state index contributed by atoms with van der Waals surface area (Å²) < 4.78 is 18.0. The van der Waals surface area contributed by atoms with Gasteiger partial charge in [0.1, 0.15) is 6.61 Å². The van der Waals surface area contributed by atoms with Crippen LogP contribution >= 0.6 is 15.9 Å². The molecule has 1 heterocycles. The van der Waals surface area contributed by atoms with Gasteiger partial charge in [0.25, 0.3) is 0 Å². The number of fused-ring (bicyclic) bond motifs is 2. The highest BCUT2D eigenvalue weighted by molar-refractivity contribution is 9.10. The van der Waals surface area contributed by atoms with E-state index in [9.17, 15) is 9.59 Å². The number of hydrogen-bond acceptors (Lipinski definition) is 6. The molecular formula is C30H26BrNO5. The second-order valence-corrected chi connectivity index (χ2v) is 9.64. The van der Waals surface area contributed by atoms with Crippen LogP contribution in [0, 0.1) is 0 Å².